The van der Waals surface area contributed by atoms with Crippen LogP contribution in [0.4, 0.5) is 4.39 Å². The Morgan fingerprint density at radius 1 is 1.10 bits per heavy atom. The number of rotatable bonds is 6. The normalized spacial score (nSPS) is 12.6. The van der Waals surface area contributed by atoms with E-state index in [1.165, 1.54) is 17.3 Å². The molecule has 2 nitrogen and oxygen atoms in total. The largest absolute Gasteiger partial charge is 0.310 e. The van der Waals surface area contributed by atoms with Gasteiger partial charge >= 0.3 is 0 Å². The van der Waals surface area contributed by atoms with Crippen LogP contribution < -0.4 is 5.32 Å². The van der Waals surface area contributed by atoms with E-state index in [0.717, 1.165) is 18.5 Å². The molecule has 112 valence electrons. The van der Waals surface area contributed by atoms with Crippen molar-refractivity contribution in [2.24, 2.45) is 0 Å². The lowest BCUT2D eigenvalue weighted by atomic mass is 9.96. The lowest BCUT2D eigenvalue weighted by Crippen LogP contribution is -2.23. The number of hydrogen-bond donors (Lipinski definition) is 1. The summed E-state index contributed by atoms with van der Waals surface area (Å²) in [5.41, 5.74) is 3.48. The van der Waals surface area contributed by atoms with Crippen LogP contribution in [-0.4, -0.2) is 11.5 Å². The van der Waals surface area contributed by atoms with E-state index in [0.29, 0.717) is 5.92 Å². The van der Waals surface area contributed by atoms with Crippen LogP contribution >= 0.6 is 0 Å². The fourth-order valence-electron chi connectivity index (χ4n) is 2.45. The van der Waals surface area contributed by atoms with Gasteiger partial charge in [-0.1, -0.05) is 45.0 Å². The molecule has 0 saturated heterocycles. The van der Waals surface area contributed by atoms with E-state index < -0.39 is 0 Å². The van der Waals surface area contributed by atoms with Gasteiger partial charge in [0.1, 0.15) is 5.82 Å². The van der Waals surface area contributed by atoms with Crippen LogP contribution in [0.25, 0.3) is 0 Å². The molecule has 0 radical (unpaired) electrons. The average Bonchev–Trinajstić information content (AvgIpc) is 2.47. The van der Waals surface area contributed by atoms with Gasteiger partial charge in [0, 0.05) is 12.2 Å². The number of hydrogen-bond acceptors (Lipinski definition) is 2. The third-order valence-electron chi connectivity index (χ3n) is 3.67. The number of aromatic nitrogens is 1. The first-order chi connectivity index (χ1) is 10.1. The van der Waals surface area contributed by atoms with E-state index in [1.807, 2.05) is 0 Å². The second-order valence-electron chi connectivity index (χ2n) is 5.65. The van der Waals surface area contributed by atoms with E-state index in [4.69, 9.17) is 0 Å². The van der Waals surface area contributed by atoms with Crippen LogP contribution in [0.2, 0.25) is 0 Å². The maximum Gasteiger partial charge on any atom is 0.141 e. The predicted molar refractivity (Wildman–Crippen MR) is 84.8 cm³/mol. The molecule has 1 aromatic heterocycles. The average molecular weight is 286 g/mol. The predicted octanol–water partition coefficient (Wildman–Crippen LogP) is 4.24. The Morgan fingerprint density at radius 3 is 2.38 bits per heavy atom. The summed E-state index contributed by atoms with van der Waals surface area (Å²) in [5.74, 6) is 0.251. The first-order valence-corrected chi connectivity index (χ1v) is 7.52. The summed E-state index contributed by atoms with van der Waals surface area (Å²) in [6, 6.07) is 10.3. The highest BCUT2D eigenvalue weighted by molar-refractivity contribution is 5.27. The van der Waals surface area contributed by atoms with Crippen LogP contribution in [0.5, 0.6) is 0 Å². The SMILES string of the molecule is CCNC(Cc1ccc(C(C)C)cc1)c1cncc(F)c1. The minimum absolute atomic E-state index is 0.0862. The fourth-order valence-corrected chi connectivity index (χ4v) is 2.45. The molecular weight excluding hydrogens is 263 g/mol. The van der Waals surface area contributed by atoms with Crippen molar-refractivity contribution in [1.29, 1.82) is 0 Å². The van der Waals surface area contributed by atoms with Crippen LogP contribution in [0.1, 0.15) is 49.4 Å². The van der Waals surface area contributed by atoms with Crippen LogP contribution in [0.15, 0.2) is 42.7 Å². The smallest absolute Gasteiger partial charge is 0.141 e. The van der Waals surface area contributed by atoms with Gasteiger partial charge in [-0.05, 0) is 41.6 Å². The van der Waals surface area contributed by atoms with Crippen molar-refractivity contribution >= 4 is 0 Å². The zero-order valence-corrected chi connectivity index (χ0v) is 12.9. The zero-order chi connectivity index (χ0) is 15.2. The molecule has 0 fully saturated rings. The minimum Gasteiger partial charge on any atom is -0.310 e. The van der Waals surface area contributed by atoms with E-state index in [-0.39, 0.29) is 11.9 Å². The van der Waals surface area contributed by atoms with Crippen LogP contribution in [0.3, 0.4) is 0 Å². The van der Waals surface area contributed by atoms with Gasteiger partial charge in [0.2, 0.25) is 0 Å². The molecule has 0 aliphatic heterocycles. The molecule has 1 N–H and O–H groups in total. The van der Waals surface area contributed by atoms with E-state index in [9.17, 15) is 4.39 Å². The van der Waals surface area contributed by atoms with Gasteiger partial charge in [-0.3, -0.25) is 4.98 Å². The molecule has 2 rings (SSSR count). The third-order valence-corrected chi connectivity index (χ3v) is 3.67. The molecular formula is C18H23FN2. The first-order valence-electron chi connectivity index (χ1n) is 7.52. The molecule has 0 amide bonds. The summed E-state index contributed by atoms with van der Waals surface area (Å²) in [6.45, 7) is 7.27. The second kappa shape index (κ2) is 7.32. The lowest BCUT2D eigenvalue weighted by Gasteiger charge is -2.18. The summed E-state index contributed by atoms with van der Waals surface area (Å²) in [5, 5.41) is 3.41. The Morgan fingerprint density at radius 2 is 1.81 bits per heavy atom. The van der Waals surface area contributed by atoms with Crippen molar-refractivity contribution in [1.82, 2.24) is 10.3 Å². The van der Waals surface area contributed by atoms with E-state index >= 15 is 0 Å². The fraction of sp³-hybridized carbons (Fsp3) is 0.389. The van der Waals surface area contributed by atoms with Gasteiger partial charge in [0.15, 0.2) is 0 Å². The van der Waals surface area contributed by atoms with Crippen LogP contribution in [0, 0.1) is 5.82 Å². The monoisotopic (exact) mass is 286 g/mol. The van der Waals surface area contributed by atoms with Crippen LogP contribution in [-0.2, 0) is 6.42 Å². The zero-order valence-electron chi connectivity index (χ0n) is 12.9. The Kier molecular flexibility index (Phi) is 5.45. The number of nitrogens with zero attached hydrogens (tertiary/aromatic N) is 1. The highest BCUT2D eigenvalue weighted by Crippen LogP contribution is 2.21. The van der Waals surface area contributed by atoms with Gasteiger partial charge in [0.05, 0.1) is 6.20 Å². The van der Waals surface area contributed by atoms with Gasteiger partial charge in [-0.15, -0.1) is 0 Å². The summed E-state index contributed by atoms with van der Waals surface area (Å²) >= 11 is 0. The van der Waals surface area contributed by atoms with Gasteiger partial charge in [-0.2, -0.15) is 0 Å². The Bertz CT molecular complexity index is 564. The van der Waals surface area contributed by atoms with Gasteiger partial charge in [0.25, 0.3) is 0 Å². The third kappa shape index (κ3) is 4.36. The quantitative estimate of drug-likeness (QED) is 0.859. The number of likely N-dealkylation sites (N-methyl/N-ethyl adjacent to an activating group) is 1. The highest BCUT2D eigenvalue weighted by atomic mass is 19.1. The Labute approximate surface area is 126 Å². The minimum atomic E-state index is -0.287. The van der Waals surface area contributed by atoms with Gasteiger partial charge in [-0.25, -0.2) is 4.39 Å². The topological polar surface area (TPSA) is 24.9 Å². The first kappa shape index (κ1) is 15.6. The number of halogens is 1. The molecule has 2 aromatic rings. The molecule has 0 bridgehead atoms. The molecule has 1 aromatic carbocycles. The molecule has 3 heteroatoms. The number of pyridine rings is 1. The second-order valence-corrected chi connectivity index (χ2v) is 5.65. The molecule has 1 unspecified atom stereocenters. The summed E-state index contributed by atoms with van der Waals surface area (Å²) in [6.07, 6.45) is 3.81. The maximum atomic E-state index is 13.4. The van der Waals surface area contributed by atoms with Crippen molar-refractivity contribution in [3.8, 4) is 0 Å². The molecule has 1 heterocycles. The van der Waals surface area contributed by atoms with Crippen molar-refractivity contribution in [2.45, 2.75) is 39.2 Å². The maximum absolute atomic E-state index is 13.4. The number of nitrogens with one attached hydrogen (secondary N) is 1. The standard InChI is InChI=1S/C18H23FN2/c1-4-21-18(16-10-17(19)12-20-11-16)9-14-5-7-15(8-6-14)13(2)3/h5-8,10-13,18,21H,4,9H2,1-3H3. The van der Waals surface area contributed by atoms with E-state index in [1.54, 1.807) is 12.3 Å². The number of benzene rings is 1. The molecule has 1 atom stereocenters. The summed E-state index contributed by atoms with van der Waals surface area (Å²) < 4.78 is 13.4. The van der Waals surface area contributed by atoms with Crippen molar-refractivity contribution in [2.75, 3.05) is 6.54 Å². The molecule has 0 aliphatic carbocycles. The summed E-state index contributed by atoms with van der Waals surface area (Å²) in [4.78, 5) is 3.95. The molecule has 0 aliphatic rings. The Hall–Kier alpha value is -1.74. The van der Waals surface area contributed by atoms with Crippen molar-refractivity contribution in [3.63, 3.8) is 0 Å². The Balaban J connectivity index is 2.16. The summed E-state index contributed by atoms with van der Waals surface area (Å²) in [7, 11) is 0. The van der Waals surface area contributed by atoms with Crippen molar-refractivity contribution in [3.05, 3.63) is 65.2 Å². The lowest BCUT2D eigenvalue weighted by molar-refractivity contribution is 0.539. The molecule has 0 spiro atoms. The highest BCUT2D eigenvalue weighted by Gasteiger charge is 2.12. The molecule has 21 heavy (non-hydrogen) atoms. The van der Waals surface area contributed by atoms with Crippen molar-refractivity contribution < 1.29 is 4.39 Å². The molecule has 0 saturated carbocycles. The van der Waals surface area contributed by atoms with Gasteiger partial charge < -0.3 is 5.32 Å². The van der Waals surface area contributed by atoms with E-state index in [2.05, 4.69) is 55.3 Å².